The van der Waals surface area contributed by atoms with Crippen molar-refractivity contribution in [1.82, 2.24) is 5.32 Å². The number of sulfone groups is 1. The molecule has 0 radical (unpaired) electrons. The average molecular weight is 395 g/mol. The molecule has 2 N–H and O–H groups in total. The van der Waals surface area contributed by atoms with Gasteiger partial charge >= 0.3 is 6.03 Å². The molecule has 2 amide bonds. The molecule has 6 nitrogen and oxygen atoms in total. The Kier molecular flexibility index (Phi) is 6.42. The van der Waals surface area contributed by atoms with Gasteiger partial charge in [0, 0.05) is 18.3 Å². The molecule has 0 bridgehead atoms. The maximum Gasteiger partial charge on any atom is 0.319 e. The van der Waals surface area contributed by atoms with Crippen molar-refractivity contribution in [3.63, 3.8) is 0 Å². The van der Waals surface area contributed by atoms with Crippen molar-refractivity contribution in [2.75, 3.05) is 23.4 Å². The van der Waals surface area contributed by atoms with E-state index in [9.17, 15) is 13.2 Å². The molecule has 7 heteroatoms. The Morgan fingerprint density at radius 3 is 2.70 bits per heavy atom. The quantitative estimate of drug-likeness (QED) is 0.725. The van der Waals surface area contributed by atoms with Crippen molar-refractivity contribution < 1.29 is 17.9 Å². The number of carbonyl (C=O) groups excluding carboxylic acids is 1. The van der Waals surface area contributed by atoms with Crippen LogP contribution in [0.25, 0.3) is 0 Å². The van der Waals surface area contributed by atoms with E-state index in [-0.39, 0.29) is 23.6 Å². The van der Waals surface area contributed by atoms with Crippen LogP contribution in [0.4, 0.5) is 10.5 Å². The zero-order valence-corrected chi connectivity index (χ0v) is 16.8. The summed E-state index contributed by atoms with van der Waals surface area (Å²) in [6.45, 7) is 2.67. The number of rotatable bonds is 6. The van der Waals surface area contributed by atoms with Crippen LogP contribution >= 0.6 is 0 Å². The van der Waals surface area contributed by atoms with E-state index >= 15 is 0 Å². The molecule has 150 valence electrons. The van der Waals surface area contributed by atoms with Crippen LogP contribution in [-0.2, 0) is 21.0 Å². The van der Waals surface area contributed by atoms with Gasteiger partial charge in [0.25, 0.3) is 0 Å². The fourth-order valence-corrected chi connectivity index (χ4v) is 5.97. The van der Waals surface area contributed by atoms with Crippen LogP contribution in [0.5, 0.6) is 0 Å². The largest absolute Gasteiger partial charge is 0.374 e. The number of benzene rings is 1. The first kappa shape index (κ1) is 20.1. The number of ether oxygens (including phenoxy) is 1. The Labute approximate surface area is 162 Å². The summed E-state index contributed by atoms with van der Waals surface area (Å²) in [6, 6.07) is 7.64. The average Bonchev–Trinajstić information content (AvgIpc) is 2.90. The number of amides is 2. The molecular formula is C20H30N2O4S. The summed E-state index contributed by atoms with van der Waals surface area (Å²) >= 11 is 0. The summed E-state index contributed by atoms with van der Waals surface area (Å²) in [5.41, 5.74) is 1.43. The van der Waals surface area contributed by atoms with E-state index in [0.717, 1.165) is 12.1 Å². The standard InChI is InChI=1S/C20H30N2O4S/c1-2-3-4-5-16-6-8-17(9-7-16)21-19(23)22-18-10-12-26-20(14-18)11-13-27(24,25)15-20/h6-9,18H,2-5,10-15H2,1H3,(H2,21,22,23)/t18-,20+/m1/s1. The third-order valence-electron chi connectivity index (χ3n) is 5.46. The first-order chi connectivity index (χ1) is 12.9. The van der Waals surface area contributed by atoms with Gasteiger partial charge in [-0.1, -0.05) is 31.9 Å². The Hall–Kier alpha value is -1.60. The fraction of sp³-hybridized carbons (Fsp3) is 0.650. The van der Waals surface area contributed by atoms with E-state index in [1.807, 2.05) is 12.1 Å². The predicted octanol–water partition coefficient (Wildman–Crippen LogP) is 3.28. The Bertz CT molecular complexity index is 748. The van der Waals surface area contributed by atoms with Gasteiger partial charge in [0.15, 0.2) is 9.84 Å². The van der Waals surface area contributed by atoms with E-state index in [1.54, 1.807) is 0 Å². The van der Waals surface area contributed by atoms with Crippen LogP contribution in [0.1, 0.15) is 51.0 Å². The molecular weight excluding hydrogens is 364 g/mol. The monoisotopic (exact) mass is 394 g/mol. The van der Waals surface area contributed by atoms with Crippen LogP contribution < -0.4 is 10.6 Å². The molecule has 2 aliphatic heterocycles. The van der Waals surface area contributed by atoms with Gasteiger partial charge in [-0.05, 0) is 49.8 Å². The molecule has 1 aromatic carbocycles. The summed E-state index contributed by atoms with van der Waals surface area (Å²) in [5.74, 6) is 0.246. The third kappa shape index (κ3) is 5.69. The molecule has 1 aromatic rings. The third-order valence-corrected chi connectivity index (χ3v) is 7.25. The lowest BCUT2D eigenvalue weighted by molar-refractivity contribution is -0.0685. The molecule has 2 aliphatic rings. The normalized spacial score (nSPS) is 26.8. The molecule has 2 atom stereocenters. The van der Waals surface area contributed by atoms with Gasteiger partial charge in [-0.25, -0.2) is 13.2 Å². The van der Waals surface area contributed by atoms with Crippen LogP contribution in [0, 0.1) is 0 Å². The van der Waals surface area contributed by atoms with E-state index in [4.69, 9.17) is 4.74 Å². The van der Waals surface area contributed by atoms with Gasteiger partial charge in [-0.15, -0.1) is 0 Å². The minimum atomic E-state index is -3.02. The smallest absolute Gasteiger partial charge is 0.319 e. The lowest BCUT2D eigenvalue weighted by Crippen LogP contribution is -2.50. The second-order valence-corrected chi connectivity index (χ2v) is 10.00. The highest BCUT2D eigenvalue weighted by Gasteiger charge is 2.46. The topological polar surface area (TPSA) is 84.5 Å². The molecule has 1 spiro atoms. The summed E-state index contributed by atoms with van der Waals surface area (Å²) in [6.07, 6.45) is 6.46. The first-order valence-electron chi connectivity index (χ1n) is 9.91. The SMILES string of the molecule is CCCCCc1ccc(NC(=O)N[C@@H]2CCO[C@@]3(CCS(=O)(=O)C3)C2)cc1. The number of hydrogen-bond acceptors (Lipinski definition) is 4. The highest BCUT2D eigenvalue weighted by molar-refractivity contribution is 7.91. The van der Waals surface area contributed by atoms with Crippen molar-refractivity contribution in [1.29, 1.82) is 0 Å². The molecule has 0 aromatic heterocycles. The highest BCUT2D eigenvalue weighted by Crippen LogP contribution is 2.35. The van der Waals surface area contributed by atoms with Gasteiger partial charge in [-0.3, -0.25) is 0 Å². The van der Waals surface area contributed by atoms with E-state index in [1.165, 1.54) is 24.8 Å². The molecule has 2 heterocycles. The zero-order chi connectivity index (χ0) is 19.3. The molecule has 2 fully saturated rings. The maximum atomic E-state index is 12.3. The summed E-state index contributed by atoms with van der Waals surface area (Å²) in [4.78, 5) is 12.3. The van der Waals surface area contributed by atoms with Gasteiger partial charge in [0.2, 0.25) is 0 Å². The second kappa shape index (κ2) is 8.61. The lowest BCUT2D eigenvalue weighted by atomic mass is 9.90. The van der Waals surface area contributed by atoms with Crippen LogP contribution in [-0.4, -0.2) is 44.2 Å². The molecule has 3 rings (SSSR count). The Balaban J connectivity index is 1.49. The van der Waals surface area contributed by atoms with E-state index in [2.05, 4.69) is 29.7 Å². The van der Waals surface area contributed by atoms with Crippen molar-refractivity contribution in [2.24, 2.45) is 0 Å². The van der Waals surface area contributed by atoms with Crippen molar-refractivity contribution in [3.05, 3.63) is 29.8 Å². The maximum absolute atomic E-state index is 12.3. The van der Waals surface area contributed by atoms with Crippen LogP contribution in [0.2, 0.25) is 0 Å². The number of carbonyl (C=O) groups is 1. The molecule has 0 unspecified atom stereocenters. The van der Waals surface area contributed by atoms with Crippen LogP contribution in [0.3, 0.4) is 0 Å². The van der Waals surface area contributed by atoms with Gasteiger partial charge < -0.3 is 15.4 Å². The molecule has 2 saturated heterocycles. The van der Waals surface area contributed by atoms with E-state index < -0.39 is 15.4 Å². The fourth-order valence-electron chi connectivity index (χ4n) is 4.00. The van der Waals surface area contributed by atoms with Crippen molar-refractivity contribution in [3.8, 4) is 0 Å². The number of hydrogen-bond donors (Lipinski definition) is 2. The Morgan fingerprint density at radius 1 is 1.26 bits per heavy atom. The minimum Gasteiger partial charge on any atom is -0.374 e. The Morgan fingerprint density at radius 2 is 2.04 bits per heavy atom. The van der Waals surface area contributed by atoms with Crippen LogP contribution in [0.15, 0.2) is 24.3 Å². The number of urea groups is 1. The lowest BCUT2D eigenvalue weighted by Gasteiger charge is -2.37. The van der Waals surface area contributed by atoms with E-state index in [0.29, 0.717) is 25.9 Å². The first-order valence-corrected chi connectivity index (χ1v) is 11.7. The van der Waals surface area contributed by atoms with Gasteiger partial charge in [0.1, 0.15) is 0 Å². The summed E-state index contributed by atoms with van der Waals surface area (Å²) < 4.78 is 29.4. The van der Waals surface area contributed by atoms with Gasteiger partial charge in [-0.2, -0.15) is 0 Å². The highest BCUT2D eigenvalue weighted by atomic mass is 32.2. The summed E-state index contributed by atoms with van der Waals surface area (Å²) in [5, 5.41) is 5.85. The summed E-state index contributed by atoms with van der Waals surface area (Å²) in [7, 11) is -3.02. The van der Waals surface area contributed by atoms with Crippen molar-refractivity contribution in [2.45, 2.75) is 63.5 Å². The van der Waals surface area contributed by atoms with Crippen molar-refractivity contribution >= 4 is 21.6 Å². The van der Waals surface area contributed by atoms with Gasteiger partial charge in [0.05, 0.1) is 17.1 Å². The molecule has 27 heavy (non-hydrogen) atoms. The second-order valence-electron chi connectivity index (χ2n) is 7.82. The predicted molar refractivity (Wildman–Crippen MR) is 107 cm³/mol. The molecule has 0 aliphatic carbocycles. The zero-order valence-electron chi connectivity index (χ0n) is 16.0. The number of anilines is 1. The molecule has 0 saturated carbocycles. The number of aryl methyl sites for hydroxylation is 1. The minimum absolute atomic E-state index is 0.0687. The number of unbranched alkanes of at least 4 members (excludes halogenated alkanes) is 2. The number of nitrogens with one attached hydrogen (secondary N) is 2.